The number of sulfone groups is 1. The van der Waals surface area contributed by atoms with E-state index in [-0.39, 0.29) is 41.7 Å². The number of hydrogen-bond acceptors (Lipinski definition) is 7. The van der Waals surface area contributed by atoms with Crippen LogP contribution >= 0.6 is 0 Å². The van der Waals surface area contributed by atoms with E-state index < -0.39 is 31.7 Å². The maximum absolute atomic E-state index is 12.5. The molecule has 0 spiro atoms. The fraction of sp³-hybridized carbons (Fsp3) is 0.300. The number of carbonyl (C=O) groups is 1. The van der Waals surface area contributed by atoms with E-state index in [1.54, 1.807) is 24.3 Å². The van der Waals surface area contributed by atoms with Crippen LogP contribution in [0.4, 0.5) is 5.69 Å². The monoisotopic (exact) mass is 479 g/mol. The second-order valence-corrected chi connectivity index (χ2v) is 11.5. The minimum absolute atomic E-state index is 0.0151. The second-order valence-electron chi connectivity index (χ2n) is 7.53. The van der Waals surface area contributed by atoms with Gasteiger partial charge in [0, 0.05) is 24.7 Å². The summed E-state index contributed by atoms with van der Waals surface area (Å²) >= 11 is 0. The topological polar surface area (TPSA) is 145 Å². The van der Waals surface area contributed by atoms with Crippen LogP contribution in [-0.2, 0) is 31.2 Å². The smallest absolute Gasteiger partial charge is 0.408 e. The van der Waals surface area contributed by atoms with E-state index in [0.717, 1.165) is 0 Å². The Kier molecular flexibility index (Phi) is 5.93. The molecule has 1 unspecified atom stereocenters. The molecular weight excluding hydrogens is 458 g/mol. The van der Waals surface area contributed by atoms with Crippen molar-refractivity contribution in [2.24, 2.45) is 0 Å². The van der Waals surface area contributed by atoms with Gasteiger partial charge in [-0.2, -0.15) is 0 Å². The van der Waals surface area contributed by atoms with E-state index in [4.69, 9.17) is 4.42 Å². The minimum Gasteiger partial charge on any atom is -0.408 e. The molecule has 0 radical (unpaired) electrons. The van der Waals surface area contributed by atoms with Gasteiger partial charge in [0.15, 0.2) is 15.4 Å². The molecule has 1 aliphatic heterocycles. The van der Waals surface area contributed by atoms with E-state index in [1.807, 2.05) is 0 Å². The lowest BCUT2D eigenvalue weighted by Gasteiger charge is -2.12. The van der Waals surface area contributed by atoms with Crippen LogP contribution in [-0.4, -0.2) is 44.9 Å². The fourth-order valence-corrected chi connectivity index (χ4v) is 6.60. The van der Waals surface area contributed by atoms with Crippen molar-refractivity contribution in [3.8, 4) is 0 Å². The average Bonchev–Trinajstić information content (AvgIpc) is 3.23. The lowest BCUT2D eigenvalue weighted by Crippen LogP contribution is -2.35. The molecule has 1 aliphatic rings. The Morgan fingerprint density at radius 2 is 1.84 bits per heavy atom. The van der Waals surface area contributed by atoms with Crippen LogP contribution in [0.1, 0.15) is 12.8 Å². The number of oxazole rings is 1. The molecule has 2 heterocycles. The number of nitrogens with one attached hydrogen (secondary N) is 2. The number of carbonyl (C=O) groups excluding carboxylic acids is 1. The number of fused-ring (bicyclic) bond motifs is 1. The number of aromatic nitrogens is 1. The molecule has 10 nitrogen and oxygen atoms in total. The molecule has 2 N–H and O–H groups in total. The molecule has 170 valence electrons. The Bertz CT molecular complexity index is 1420. The summed E-state index contributed by atoms with van der Waals surface area (Å²) in [6.07, 6.45) is 0.256. The zero-order chi connectivity index (χ0) is 22.9. The first-order chi connectivity index (χ1) is 15.1. The maximum atomic E-state index is 12.5. The third kappa shape index (κ3) is 4.92. The minimum atomic E-state index is -3.88. The summed E-state index contributed by atoms with van der Waals surface area (Å²) in [5.74, 6) is -1.15. The Labute approximate surface area is 184 Å². The largest absolute Gasteiger partial charge is 0.419 e. The highest BCUT2D eigenvalue weighted by Gasteiger charge is 2.31. The van der Waals surface area contributed by atoms with E-state index in [2.05, 4.69) is 10.0 Å². The summed E-state index contributed by atoms with van der Waals surface area (Å²) in [4.78, 5) is 24.2. The molecule has 12 heteroatoms. The van der Waals surface area contributed by atoms with Crippen LogP contribution in [0.25, 0.3) is 11.1 Å². The van der Waals surface area contributed by atoms with Crippen LogP contribution in [0.5, 0.6) is 0 Å². The van der Waals surface area contributed by atoms with Crippen LogP contribution in [0.15, 0.2) is 62.6 Å². The van der Waals surface area contributed by atoms with Crippen molar-refractivity contribution in [1.29, 1.82) is 0 Å². The van der Waals surface area contributed by atoms with Gasteiger partial charge in [0.05, 0.1) is 21.9 Å². The van der Waals surface area contributed by atoms with E-state index in [0.29, 0.717) is 16.8 Å². The van der Waals surface area contributed by atoms with Crippen molar-refractivity contribution >= 4 is 42.6 Å². The Hall–Kier alpha value is -2.96. The molecule has 1 saturated heterocycles. The van der Waals surface area contributed by atoms with Gasteiger partial charge >= 0.3 is 5.76 Å². The molecule has 1 aromatic heterocycles. The van der Waals surface area contributed by atoms with Crippen molar-refractivity contribution in [1.82, 2.24) is 9.29 Å². The second kappa shape index (κ2) is 8.52. The Morgan fingerprint density at radius 3 is 2.53 bits per heavy atom. The molecular formula is C20H21N3O7S2. The molecule has 0 aliphatic carbocycles. The molecule has 0 saturated carbocycles. The third-order valence-corrected chi connectivity index (χ3v) is 8.44. The van der Waals surface area contributed by atoms with Gasteiger partial charge in [-0.1, -0.05) is 12.1 Å². The van der Waals surface area contributed by atoms with Crippen molar-refractivity contribution in [3.63, 3.8) is 0 Å². The van der Waals surface area contributed by atoms with Gasteiger partial charge in [-0.15, -0.1) is 0 Å². The SMILES string of the molecule is O=C(CCn1c(=O)oc2ccccc21)Nc1ccc(S(=O)(=O)NC2CCS(=O)(=O)C2)cc1. The van der Waals surface area contributed by atoms with Crippen LogP contribution in [0.2, 0.25) is 0 Å². The number of benzene rings is 2. The molecule has 1 fully saturated rings. The quantitative estimate of drug-likeness (QED) is 0.516. The Balaban J connectivity index is 1.36. The van der Waals surface area contributed by atoms with E-state index in [1.165, 1.54) is 28.8 Å². The normalized spacial score (nSPS) is 18.1. The molecule has 1 atom stereocenters. The number of hydrogen-bond donors (Lipinski definition) is 2. The average molecular weight is 480 g/mol. The molecule has 1 amide bonds. The van der Waals surface area contributed by atoms with E-state index in [9.17, 15) is 26.4 Å². The van der Waals surface area contributed by atoms with Crippen LogP contribution in [0, 0.1) is 0 Å². The van der Waals surface area contributed by atoms with Crippen LogP contribution in [0.3, 0.4) is 0 Å². The number of rotatable bonds is 7. The van der Waals surface area contributed by atoms with Gasteiger partial charge in [-0.3, -0.25) is 9.36 Å². The first kappa shape index (κ1) is 22.2. The number of amides is 1. The summed E-state index contributed by atoms with van der Waals surface area (Å²) < 4.78 is 56.9. The van der Waals surface area contributed by atoms with Crippen molar-refractivity contribution in [2.45, 2.75) is 30.3 Å². The fourth-order valence-electron chi connectivity index (χ4n) is 3.56. The maximum Gasteiger partial charge on any atom is 0.419 e. The molecule has 4 rings (SSSR count). The van der Waals surface area contributed by atoms with Gasteiger partial charge in [0.2, 0.25) is 15.9 Å². The summed E-state index contributed by atoms with van der Waals surface area (Å²) in [5.41, 5.74) is 1.43. The first-order valence-electron chi connectivity index (χ1n) is 9.84. The first-order valence-corrected chi connectivity index (χ1v) is 13.1. The zero-order valence-corrected chi connectivity index (χ0v) is 18.5. The third-order valence-electron chi connectivity index (χ3n) is 5.14. The highest BCUT2D eigenvalue weighted by atomic mass is 32.2. The number of aryl methyl sites for hydroxylation is 1. The summed E-state index contributed by atoms with van der Waals surface area (Å²) in [5, 5.41) is 2.65. The molecule has 3 aromatic rings. The lowest BCUT2D eigenvalue weighted by atomic mass is 10.3. The van der Waals surface area contributed by atoms with Gasteiger partial charge in [0.25, 0.3) is 0 Å². The molecule has 0 bridgehead atoms. The van der Waals surface area contributed by atoms with Gasteiger partial charge < -0.3 is 9.73 Å². The molecule has 32 heavy (non-hydrogen) atoms. The highest BCUT2D eigenvalue weighted by molar-refractivity contribution is 7.92. The highest BCUT2D eigenvalue weighted by Crippen LogP contribution is 2.18. The summed E-state index contributed by atoms with van der Waals surface area (Å²) in [7, 11) is -7.09. The van der Waals surface area contributed by atoms with Crippen molar-refractivity contribution < 1.29 is 26.0 Å². The predicted molar refractivity (Wildman–Crippen MR) is 118 cm³/mol. The Morgan fingerprint density at radius 1 is 1.12 bits per heavy atom. The van der Waals surface area contributed by atoms with Crippen molar-refractivity contribution in [2.75, 3.05) is 16.8 Å². The van der Waals surface area contributed by atoms with Gasteiger partial charge in [0.1, 0.15) is 0 Å². The van der Waals surface area contributed by atoms with Crippen LogP contribution < -0.4 is 15.8 Å². The van der Waals surface area contributed by atoms with Gasteiger partial charge in [-0.25, -0.2) is 26.4 Å². The number of sulfonamides is 1. The van der Waals surface area contributed by atoms with Gasteiger partial charge in [-0.05, 0) is 42.8 Å². The lowest BCUT2D eigenvalue weighted by molar-refractivity contribution is -0.116. The molecule has 2 aromatic carbocycles. The standard InChI is InChI=1S/C20H21N3O7S2/c24-19(9-11-23-17-3-1-2-4-18(17)30-20(23)25)21-14-5-7-16(8-6-14)32(28,29)22-15-10-12-31(26,27)13-15/h1-8,15,22H,9-13H2,(H,21,24). The number of nitrogens with zero attached hydrogens (tertiary/aromatic N) is 1. The summed E-state index contributed by atoms with van der Waals surface area (Å²) in [6.45, 7) is 0.127. The zero-order valence-electron chi connectivity index (χ0n) is 16.9. The number of para-hydroxylation sites is 2. The van der Waals surface area contributed by atoms with Crippen molar-refractivity contribution in [3.05, 3.63) is 59.1 Å². The predicted octanol–water partition coefficient (Wildman–Crippen LogP) is 1.09. The number of anilines is 1. The van der Waals surface area contributed by atoms with E-state index >= 15 is 0 Å². The summed E-state index contributed by atoms with van der Waals surface area (Å²) in [6, 6.07) is 11.8.